The van der Waals surface area contributed by atoms with Crippen LogP contribution in [0, 0.1) is 0 Å². The second kappa shape index (κ2) is 10.8. The molecule has 0 radical (unpaired) electrons. The topological polar surface area (TPSA) is 66.4 Å². The molecule has 0 heterocycles. The third-order valence-corrected chi connectivity index (χ3v) is 3.69. The number of carboxylic acids is 1. The monoisotopic (exact) mass is 305 g/mol. The number of carbonyl (C=O) groups excluding carboxylic acids is 1. The van der Waals surface area contributed by atoms with Crippen molar-refractivity contribution in [2.24, 2.45) is 0 Å². The van der Waals surface area contributed by atoms with Crippen LogP contribution in [0.2, 0.25) is 0 Å². The van der Waals surface area contributed by atoms with E-state index in [9.17, 15) is 9.59 Å². The molecule has 0 spiro atoms. The lowest BCUT2D eigenvalue weighted by Crippen LogP contribution is -2.24. The summed E-state index contributed by atoms with van der Waals surface area (Å²) in [7, 11) is 0. The summed E-state index contributed by atoms with van der Waals surface area (Å²) >= 11 is 0. The maximum absolute atomic E-state index is 11.7. The Hall–Kier alpha value is -1.84. The van der Waals surface area contributed by atoms with Crippen molar-refractivity contribution >= 4 is 11.9 Å². The smallest absolute Gasteiger partial charge is 0.303 e. The fraction of sp³-hybridized carbons (Fsp3) is 0.556. The van der Waals surface area contributed by atoms with Crippen LogP contribution in [0.5, 0.6) is 0 Å². The van der Waals surface area contributed by atoms with Gasteiger partial charge in [-0.3, -0.25) is 9.59 Å². The second-order valence-electron chi connectivity index (χ2n) is 5.58. The molecule has 0 aliphatic rings. The minimum atomic E-state index is -0.754. The van der Waals surface area contributed by atoms with Gasteiger partial charge in [-0.05, 0) is 43.2 Å². The van der Waals surface area contributed by atoms with Crippen molar-refractivity contribution in [3.05, 3.63) is 35.4 Å². The van der Waals surface area contributed by atoms with Gasteiger partial charge in [0, 0.05) is 19.4 Å². The first kappa shape index (κ1) is 18.2. The zero-order valence-corrected chi connectivity index (χ0v) is 13.4. The van der Waals surface area contributed by atoms with Crippen LogP contribution in [-0.2, 0) is 22.4 Å². The summed E-state index contributed by atoms with van der Waals surface area (Å²) in [6.45, 7) is 2.78. The number of unbranched alkanes of at least 4 members (excludes halogenated alkanes) is 2. The Kier molecular flexibility index (Phi) is 8.96. The average molecular weight is 305 g/mol. The van der Waals surface area contributed by atoms with E-state index in [2.05, 4.69) is 36.5 Å². The SMILES string of the molecule is CCc1ccc(CCCC(=O)NCCCCCC(=O)O)cc1. The van der Waals surface area contributed by atoms with Crippen LogP contribution >= 0.6 is 0 Å². The van der Waals surface area contributed by atoms with Gasteiger partial charge in [0.1, 0.15) is 0 Å². The molecule has 4 nitrogen and oxygen atoms in total. The molecule has 0 bridgehead atoms. The van der Waals surface area contributed by atoms with Gasteiger partial charge in [-0.25, -0.2) is 0 Å². The van der Waals surface area contributed by atoms with Crippen molar-refractivity contribution in [3.8, 4) is 0 Å². The van der Waals surface area contributed by atoms with Crippen LogP contribution in [0.3, 0.4) is 0 Å². The molecular formula is C18H27NO3. The van der Waals surface area contributed by atoms with E-state index >= 15 is 0 Å². The van der Waals surface area contributed by atoms with Gasteiger partial charge in [0.05, 0.1) is 0 Å². The summed E-state index contributed by atoms with van der Waals surface area (Å²) in [4.78, 5) is 22.0. The Morgan fingerprint density at radius 3 is 2.27 bits per heavy atom. The summed E-state index contributed by atoms with van der Waals surface area (Å²) in [5, 5.41) is 11.4. The van der Waals surface area contributed by atoms with E-state index in [1.165, 1.54) is 11.1 Å². The lowest BCUT2D eigenvalue weighted by Gasteiger charge is -2.05. The van der Waals surface area contributed by atoms with E-state index in [1.54, 1.807) is 0 Å². The number of carbonyl (C=O) groups is 2. The normalized spacial score (nSPS) is 10.4. The highest BCUT2D eigenvalue weighted by Gasteiger charge is 2.02. The molecule has 1 aromatic carbocycles. The molecular weight excluding hydrogens is 278 g/mol. The van der Waals surface area contributed by atoms with Crippen LogP contribution in [0.4, 0.5) is 0 Å². The van der Waals surface area contributed by atoms with Crippen molar-refractivity contribution in [1.29, 1.82) is 0 Å². The molecule has 4 heteroatoms. The number of nitrogens with one attached hydrogen (secondary N) is 1. The second-order valence-corrected chi connectivity index (χ2v) is 5.58. The Balaban J connectivity index is 2.04. The standard InChI is InChI=1S/C18H27NO3/c1-2-15-10-12-16(13-11-15)7-6-8-17(20)19-14-5-3-4-9-18(21)22/h10-13H,2-9,14H2,1H3,(H,19,20)(H,21,22). The summed E-state index contributed by atoms with van der Waals surface area (Å²) in [6.07, 6.45) is 5.96. The molecule has 0 aliphatic carbocycles. The van der Waals surface area contributed by atoms with Crippen molar-refractivity contribution in [3.63, 3.8) is 0 Å². The van der Waals surface area contributed by atoms with Crippen LogP contribution in [-0.4, -0.2) is 23.5 Å². The van der Waals surface area contributed by atoms with E-state index < -0.39 is 5.97 Å². The summed E-state index contributed by atoms with van der Waals surface area (Å²) < 4.78 is 0. The number of aryl methyl sites for hydroxylation is 2. The fourth-order valence-electron chi connectivity index (χ4n) is 2.29. The van der Waals surface area contributed by atoms with Gasteiger partial charge in [-0.1, -0.05) is 37.6 Å². The molecule has 122 valence electrons. The van der Waals surface area contributed by atoms with Crippen LogP contribution < -0.4 is 5.32 Å². The highest BCUT2D eigenvalue weighted by atomic mass is 16.4. The number of amides is 1. The van der Waals surface area contributed by atoms with E-state index in [4.69, 9.17) is 5.11 Å². The molecule has 0 atom stereocenters. The number of rotatable bonds is 11. The first-order valence-corrected chi connectivity index (χ1v) is 8.18. The molecule has 22 heavy (non-hydrogen) atoms. The zero-order chi connectivity index (χ0) is 16.2. The molecule has 0 aromatic heterocycles. The fourth-order valence-corrected chi connectivity index (χ4v) is 2.29. The van der Waals surface area contributed by atoms with Crippen molar-refractivity contribution < 1.29 is 14.7 Å². The van der Waals surface area contributed by atoms with E-state index in [0.29, 0.717) is 19.4 Å². The van der Waals surface area contributed by atoms with Gasteiger partial charge in [-0.15, -0.1) is 0 Å². The summed E-state index contributed by atoms with van der Waals surface area (Å²) in [5.74, 6) is -0.667. The largest absolute Gasteiger partial charge is 0.481 e. The lowest BCUT2D eigenvalue weighted by molar-refractivity contribution is -0.137. The zero-order valence-electron chi connectivity index (χ0n) is 13.4. The molecule has 1 rings (SSSR count). The van der Waals surface area contributed by atoms with E-state index in [1.807, 2.05) is 0 Å². The summed E-state index contributed by atoms with van der Waals surface area (Å²) in [6, 6.07) is 8.57. The van der Waals surface area contributed by atoms with Gasteiger partial charge in [0.2, 0.25) is 5.91 Å². The molecule has 1 amide bonds. The summed E-state index contributed by atoms with van der Waals surface area (Å²) in [5.41, 5.74) is 2.61. The van der Waals surface area contributed by atoms with Crippen LogP contribution in [0.25, 0.3) is 0 Å². The predicted octanol–water partition coefficient (Wildman–Crippen LogP) is 3.33. The predicted molar refractivity (Wildman–Crippen MR) is 87.9 cm³/mol. The van der Waals surface area contributed by atoms with E-state index in [0.717, 1.165) is 32.1 Å². The van der Waals surface area contributed by atoms with Crippen molar-refractivity contribution in [2.75, 3.05) is 6.54 Å². The Morgan fingerprint density at radius 2 is 1.64 bits per heavy atom. The van der Waals surface area contributed by atoms with Gasteiger partial charge < -0.3 is 10.4 Å². The van der Waals surface area contributed by atoms with E-state index in [-0.39, 0.29) is 12.3 Å². The number of aliphatic carboxylic acids is 1. The van der Waals surface area contributed by atoms with Gasteiger partial charge in [0.15, 0.2) is 0 Å². The van der Waals surface area contributed by atoms with Gasteiger partial charge >= 0.3 is 5.97 Å². The van der Waals surface area contributed by atoms with Crippen molar-refractivity contribution in [2.45, 2.75) is 58.3 Å². The number of hydrogen-bond donors (Lipinski definition) is 2. The molecule has 1 aromatic rings. The third-order valence-electron chi connectivity index (χ3n) is 3.69. The minimum Gasteiger partial charge on any atom is -0.481 e. The molecule has 2 N–H and O–H groups in total. The maximum Gasteiger partial charge on any atom is 0.303 e. The molecule has 0 fully saturated rings. The molecule has 0 saturated carbocycles. The Bertz CT molecular complexity index is 454. The Morgan fingerprint density at radius 1 is 0.955 bits per heavy atom. The number of benzene rings is 1. The average Bonchev–Trinajstić information content (AvgIpc) is 2.51. The quantitative estimate of drug-likeness (QED) is 0.616. The van der Waals surface area contributed by atoms with Gasteiger partial charge in [-0.2, -0.15) is 0 Å². The third kappa shape index (κ3) is 8.45. The van der Waals surface area contributed by atoms with Gasteiger partial charge in [0.25, 0.3) is 0 Å². The minimum absolute atomic E-state index is 0.0865. The first-order valence-electron chi connectivity index (χ1n) is 8.18. The highest BCUT2D eigenvalue weighted by molar-refractivity contribution is 5.75. The Labute approximate surface area is 132 Å². The number of carboxylic acid groups (broad SMARTS) is 1. The van der Waals surface area contributed by atoms with Crippen LogP contribution in [0.15, 0.2) is 24.3 Å². The van der Waals surface area contributed by atoms with Crippen molar-refractivity contribution in [1.82, 2.24) is 5.32 Å². The molecule has 0 saturated heterocycles. The van der Waals surface area contributed by atoms with Crippen LogP contribution in [0.1, 0.15) is 56.6 Å². The first-order chi connectivity index (χ1) is 10.6. The number of hydrogen-bond acceptors (Lipinski definition) is 2. The highest BCUT2D eigenvalue weighted by Crippen LogP contribution is 2.08. The maximum atomic E-state index is 11.7. The molecule has 0 unspecified atom stereocenters. The molecule has 0 aliphatic heterocycles. The lowest BCUT2D eigenvalue weighted by atomic mass is 10.0.